The van der Waals surface area contributed by atoms with Gasteiger partial charge in [0.05, 0.1) is 6.10 Å². The Morgan fingerprint density at radius 1 is 1.14 bits per heavy atom. The molecule has 0 amide bonds. The Kier molecular flexibility index (Phi) is 3.38. The molecule has 4 heteroatoms. The molecule has 4 nitrogen and oxygen atoms in total. The van der Waals surface area contributed by atoms with E-state index in [1.807, 2.05) is 0 Å². The van der Waals surface area contributed by atoms with Crippen molar-refractivity contribution >= 4 is 0 Å². The topological polar surface area (TPSA) is 38.7 Å². The van der Waals surface area contributed by atoms with Gasteiger partial charge in [-0.2, -0.15) is 0 Å². The standard InChI is InChI=1S/C10H21N3O/c1-12-3-2-4-13(6-5-12)9-7-11-8-10(9)14/h9-11,14H,2-8H2,1H3. The monoisotopic (exact) mass is 199 g/mol. The van der Waals surface area contributed by atoms with E-state index in [1.165, 1.54) is 13.0 Å². The van der Waals surface area contributed by atoms with Crippen molar-refractivity contribution in [3.05, 3.63) is 0 Å². The summed E-state index contributed by atoms with van der Waals surface area (Å²) in [6, 6.07) is 0.349. The fourth-order valence-corrected chi connectivity index (χ4v) is 2.42. The number of aliphatic hydroxyl groups is 1. The molecule has 0 radical (unpaired) electrons. The molecule has 0 bridgehead atoms. The highest BCUT2D eigenvalue weighted by molar-refractivity contribution is 4.89. The summed E-state index contributed by atoms with van der Waals surface area (Å²) in [5.74, 6) is 0. The van der Waals surface area contributed by atoms with E-state index < -0.39 is 0 Å². The van der Waals surface area contributed by atoms with Crippen molar-refractivity contribution in [3.8, 4) is 0 Å². The summed E-state index contributed by atoms with van der Waals surface area (Å²) in [5, 5.41) is 13.0. The van der Waals surface area contributed by atoms with Gasteiger partial charge in [0.1, 0.15) is 0 Å². The number of β-amino-alcohol motifs (C(OH)–C–C–N with tert-alkyl or cyclic N) is 1. The molecule has 82 valence electrons. The van der Waals surface area contributed by atoms with Gasteiger partial charge in [-0.3, -0.25) is 4.90 Å². The third-order valence-corrected chi connectivity index (χ3v) is 3.37. The van der Waals surface area contributed by atoms with Gasteiger partial charge in [0, 0.05) is 32.2 Å². The van der Waals surface area contributed by atoms with E-state index in [1.54, 1.807) is 0 Å². The van der Waals surface area contributed by atoms with Gasteiger partial charge in [0.2, 0.25) is 0 Å². The summed E-state index contributed by atoms with van der Waals surface area (Å²) >= 11 is 0. The Labute approximate surface area is 85.9 Å². The highest BCUT2D eigenvalue weighted by Gasteiger charge is 2.30. The highest BCUT2D eigenvalue weighted by Crippen LogP contribution is 2.12. The lowest BCUT2D eigenvalue weighted by atomic mass is 10.2. The van der Waals surface area contributed by atoms with E-state index in [2.05, 4.69) is 22.2 Å². The average Bonchev–Trinajstić information content (AvgIpc) is 2.46. The van der Waals surface area contributed by atoms with E-state index in [0.29, 0.717) is 6.04 Å². The second kappa shape index (κ2) is 4.57. The van der Waals surface area contributed by atoms with Crippen molar-refractivity contribution in [2.45, 2.75) is 18.6 Å². The lowest BCUT2D eigenvalue weighted by Gasteiger charge is -2.28. The van der Waals surface area contributed by atoms with Crippen LogP contribution in [0.5, 0.6) is 0 Å². The Morgan fingerprint density at radius 3 is 2.71 bits per heavy atom. The zero-order valence-electron chi connectivity index (χ0n) is 8.95. The van der Waals surface area contributed by atoms with Crippen molar-refractivity contribution in [2.24, 2.45) is 0 Å². The van der Waals surface area contributed by atoms with Gasteiger partial charge in [-0.15, -0.1) is 0 Å². The number of nitrogens with zero attached hydrogens (tertiary/aromatic N) is 2. The van der Waals surface area contributed by atoms with Gasteiger partial charge in [-0.25, -0.2) is 0 Å². The number of nitrogens with one attached hydrogen (secondary N) is 1. The molecule has 2 fully saturated rings. The molecule has 0 aromatic carbocycles. The second-order valence-corrected chi connectivity index (χ2v) is 4.49. The maximum Gasteiger partial charge on any atom is 0.0831 e. The molecular weight excluding hydrogens is 178 g/mol. The van der Waals surface area contributed by atoms with Crippen molar-refractivity contribution in [1.82, 2.24) is 15.1 Å². The Balaban J connectivity index is 1.90. The smallest absolute Gasteiger partial charge is 0.0831 e. The lowest BCUT2D eigenvalue weighted by Crippen LogP contribution is -2.44. The predicted octanol–water partition coefficient (Wildman–Crippen LogP) is -1.04. The lowest BCUT2D eigenvalue weighted by molar-refractivity contribution is 0.0857. The first-order valence-corrected chi connectivity index (χ1v) is 5.59. The zero-order valence-corrected chi connectivity index (χ0v) is 8.95. The van der Waals surface area contributed by atoms with Crippen LogP contribution in [0.2, 0.25) is 0 Å². The van der Waals surface area contributed by atoms with Gasteiger partial charge in [-0.05, 0) is 26.6 Å². The van der Waals surface area contributed by atoms with Gasteiger partial charge in [0.25, 0.3) is 0 Å². The molecule has 2 rings (SSSR count). The van der Waals surface area contributed by atoms with E-state index in [-0.39, 0.29) is 6.10 Å². The van der Waals surface area contributed by atoms with Gasteiger partial charge in [0.15, 0.2) is 0 Å². The molecule has 2 heterocycles. The van der Waals surface area contributed by atoms with Crippen LogP contribution < -0.4 is 5.32 Å². The van der Waals surface area contributed by atoms with Crippen molar-refractivity contribution < 1.29 is 5.11 Å². The maximum absolute atomic E-state index is 9.78. The SMILES string of the molecule is CN1CCCN(C2CNCC2O)CC1. The van der Waals surface area contributed by atoms with Crippen molar-refractivity contribution in [2.75, 3.05) is 46.3 Å². The number of hydrogen-bond acceptors (Lipinski definition) is 4. The van der Waals surface area contributed by atoms with Crippen LogP contribution in [0.3, 0.4) is 0 Å². The molecule has 2 atom stereocenters. The van der Waals surface area contributed by atoms with E-state index >= 15 is 0 Å². The maximum atomic E-state index is 9.78. The van der Waals surface area contributed by atoms with E-state index in [0.717, 1.165) is 32.7 Å². The first kappa shape index (κ1) is 10.4. The summed E-state index contributed by atoms with van der Waals surface area (Å²) in [5.41, 5.74) is 0. The quantitative estimate of drug-likeness (QED) is 0.566. The molecule has 0 aliphatic carbocycles. The van der Waals surface area contributed by atoms with Crippen LogP contribution in [-0.2, 0) is 0 Å². The molecule has 2 saturated heterocycles. The van der Waals surface area contributed by atoms with Crippen molar-refractivity contribution in [1.29, 1.82) is 0 Å². The largest absolute Gasteiger partial charge is 0.390 e. The van der Waals surface area contributed by atoms with Crippen LogP contribution in [-0.4, -0.2) is 73.4 Å². The minimum absolute atomic E-state index is 0.168. The number of likely N-dealkylation sites (N-methyl/N-ethyl adjacent to an activating group) is 1. The first-order chi connectivity index (χ1) is 6.77. The van der Waals surface area contributed by atoms with Crippen LogP contribution >= 0.6 is 0 Å². The predicted molar refractivity (Wildman–Crippen MR) is 56.4 cm³/mol. The van der Waals surface area contributed by atoms with E-state index in [4.69, 9.17) is 0 Å². The number of rotatable bonds is 1. The summed E-state index contributed by atoms with van der Waals surface area (Å²) in [6.07, 6.45) is 1.05. The van der Waals surface area contributed by atoms with Crippen molar-refractivity contribution in [3.63, 3.8) is 0 Å². The van der Waals surface area contributed by atoms with Crippen LogP contribution in [0.4, 0.5) is 0 Å². The summed E-state index contributed by atoms with van der Waals surface area (Å²) in [7, 11) is 2.17. The highest BCUT2D eigenvalue weighted by atomic mass is 16.3. The van der Waals surface area contributed by atoms with Crippen LogP contribution in [0, 0.1) is 0 Å². The van der Waals surface area contributed by atoms with Gasteiger partial charge in [-0.1, -0.05) is 0 Å². The third-order valence-electron chi connectivity index (χ3n) is 3.37. The molecular formula is C10H21N3O. The fourth-order valence-electron chi connectivity index (χ4n) is 2.42. The first-order valence-electron chi connectivity index (χ1n) is 5.59. The third kappa shape index (κ3) is 2.25. The molecule has 0 aromatic heterocycles. The molecule has 14 heavy (non-hydrogen) atoms. The zero-order chi connectivity index (χ0) is 9.97. The number of aliphatic hydroxyl groups excluding tert-OH is 1. The molecule has 0 spiro atoms. The van der Waals surface area contributed by atoms with E-state index in [9.17, 15) is 5.11 Å². The van der Waals surface area contributed by atoms with Crippen LogP contribution in [0.1, 0.15) is 6.42 Å². The van der Waals surface area contributed by atoms with Gasteiger partial charge < -0.3 is 15.3 Å². The minimum Gasteiger partial charge on any atom is -0.390 e. The van der Waals surface area contributed by atoms with Gasteiger partial charge >= 0.3 is 0 Å². The Hall–Kier alpha value is -0.160. The molecule has 0 aromatic rings. The molecule has 0 saturated carbocycles. The Bertz CT molecular complexity index is 188. The van der Waals surface area contributed by atoms with Crippen LogP contribution in [0.25, 0.3) is 0 Å². The molecule has 2 N–H and O–H groups in total. The summed E-state index contributed by atoms with van der Waals surface area (Å²) < 4.78 is 0. The molecule has 2 aliphatic rings. The fraction of sp³-hybridized carbons (Fsp3) is 1.00. The average molecular weight is 199 g/mol. The minimum atomic E-state index is -0.168. The summed E-state index contributed by atoms with van der Waals surface area (Å²) in [6.45, 7) is 6.26. The second-order valence-electron chi connectivity index (χ2n) is 4.49. The number of hydrogen-bond donors (Lipinski definition) is 2. The molecule has 2 aliphatic heterocycles. The molecule has 2 unspecified atom stereocenters. The normalized spacial score (nSPS) is 37.3. The van der Waals surface area contributed by atoms with Crippen LogP contribution in [0.15, 0.2) is 0 Å². The Morgan fingerprint density at radius 2 is 2.00 bits per heavy atom. The summed E-state index contributed by atoms with van der Waals surface area (Å²) in [4.78, 5) is 4.81.